The van der Waals surface area contributed by atoms with E-state index in [0.717, 1.165) is 12.8 Å². The molecule has 0 heterocycles. The Morgan fingerprint density at radius 1 is 1.53 bits per heavy atom. The minimum Gasteiger partial charge on any atom is -0.481 e. The van der Waals surface area contributed by atoms with Crippen molar-refractivity contribution in [1.29, 1.82) is 0 Å². The van der Waals surface area contributed by atoms with Crippen LogP contribution in [-0.4, -0.2) is 36.3 Å². The van der Waals surface area contributed by atoms with E-state index in [2.05, 4.69) is 0 Å². The second-order valence-electron chi connectivity index (χ2n) is 4.48. The molecule has 102 valence electrons. The molecule has 0 aromatic heterocycles. The van der Waals surface area contributed by atoms with Gasteiger partial charge in [0.1, 0.15) is 5.75 Å². The summed E-state index contributed by atoms with van der Waals surface area (Å²) in [6.45, 7) is 2.54. The summed E-state index contributed by atoms with van der Waals surface area (Å²) >= 11 is 5.97. The largest absolute Gasteiger partial charge is 0.481 e. The third-order valence-corrected chi connectivity index (χ3v) is 3.41. The van der Waals surface area contributed by atoms with Crippen molar-refractivity contribution in [2.75, 3.05) is 13.2 Å². The molecule has 0 aliphatic heterocycles. The van der Waals surface area contributed by atoms with Crippen molar-refractivity contribution in [2.24, 2.45) is 0 Å². The minimum absolute atomic E-state index is 0.0678. The normalized spacial score (nSPS) is 14.0. The summed E-state index contributed by atoms with van der Waals surface area (Å²) in [6, 6.07) is 5.27. The average molecular weight is 282 g/mol. The molecule has 2 rings (SSSR count). The van der Waals surface area contributed by atoms with Crippen molar-refractivity contribution in [3.05, 3.63) is 28.8 Å². The summed E-state index contributed by atoms with van der Waals surface area (Å²) in [5.41, 5.74) is 0.356. The Kier molecular flexibility index (Phi) is 4.43. The summed E-state index contributed by atoms with van der Waals surface area (Å²) < 4.78 is 5.43. The Morgan fingerprint density at radius 3 is 2.84 bits per heavy atom. The Morgan fingerprint density at radius 2 is 2.26 bits per heavy atom. The van der Waals surface area contributed by atoms with Crippen molar-refractivity contribution < 1.29 is 14.3 Å². The molecule has 4 nitrogen and oxygen atoms in total. The molecule has 1 saturated carbocycles. The summed E-state index contributed by atoms with van der Waals surface area (Å²) in [4.78, 5) is 24.7. The first-order valence-corrected chi connectivity index (χ1v) is 6.71. The van der Waals surface area contributed by atoms with Gasteiger partial charge in [-0.1, -0.05) is 17.7 Å². The SMILES string of the molecule is CCN(C(=O)COc1c(Cl)cccc1C=O)C1CC1. The van der Waals surface area contributed by atoms with Crippen LogP contribution in [0.3, 0.4) is 0 Å². The Labute approximate surface area is 117 Å². The van der Waals surface area contributed by atoms with Gasteiger partial charge in [0.05, 0.1) is 10.6 Å². The first kappa shape index (κ1) is 13.9. The number of carbonyl (C=O) groups is 2. The lowest BCUT2D eigenvalue weighted by molar-refractivity contribution is -0.133. The maximum Gasteiger partial charge on any atom is 0.260 e. The third-order valence-electron chi connectivity index (χ3n) is 3.11. The molecular weight excluding hydrogens is 266 g/mol. The van der Waals surface area contributed by atoms with Crippen LogP contribution < -0.4 is 4.74 Å². The van der Waals surface area contributed by atoms with Crippen LogP contribution in [0.1, 0.15) is 30.1 Å². The summed E-state index contributed by atoms with van der Waals surface area (Å²) in [5, 5.41) is 0.340. The van der Waals surface area contributed by atoms with E-state index in [1.807, 2.05) is 6.92 Å². The zero-order valence-corrected chi connectivity index (χ0v) is 11.5. The van der Waals surface area contributed by atoms with Crippen LogP contribution in [0.25, 0.3) is 0 Å². The van der Waals surface area contributed by atoms with Gasteiger partial charge in [0, 0.05) is 12.6 Å². The second-order valence-corrected chi connectivity index (χ2v) is 4.88. The van der Waals surface area contributed by atoms with E-state index in [-0.39, 0.29) is 18.3 Å². The van der Waals surface area contributed by atoms with Gasteiger partial charge < -0.3 is 9.64 Å². The lowest BCUT2D eigenvalue weighted by atomic mass is 10.2. The molecule has 1 amide bonds. The Hall–Kier alpha value is -1.55. The summed E-state index contributed by atoms with van der Waals surface area (Å²) in [7, 11) is 0. The van der Waals surface area contributed by atoms with Gasteiger partial charge in [-0.05, 0) is 31.9 Å². The Balaban J connectivity index is 2.02. The lowest BCUT2D eigenvalue weighted by Crippen LogP contribution is -2.36. The first-order valence-electron chi connectivity index (χ1n) is 6.33. The van der Waals surface area contributed by atoms with Crippen LogP contribution in [0, 0.1) is 0 Å². The van der Waals surface area contributed by atoms with E-state index in [1.165, 1.54) is 0 Å². The van der Waals surface area contributed by atoms with Crippen LogP contribution in [0.15, 0.2) is 18.2 Å². The summed E-state index contributed by atoms with van der Waals surface area (Å²) in [6.07, 6.45) is 2.79. The molecule has 1 aliphatic rings. The fraction of sp³-hybridized carbons (Fsp3) is 0.429. The molecular formula is C14H16ClNO3. The molecule has 0 N–H and O–H groups in total. The molecule has 0 spiro atoms. The average Bonchev–Trinajstić information content (AvgIpc) is 3.22. The van der Waals surface area contributed by atoms with Crippen molar-refractivity contribution in [3.8, 4) is 5.75 Å². The van der Waals surface area contributed by atoms with E-state index in [1.54, 1.807) is 23.1 Å². The molecule has 5 heteroatoms. The number of amides is 1. The number of para-hydroxylation sites is 1. The number of ether oxygens (including phenoxy) is 1. The van der Waals surface area contributed by atoms with Crippen molar-refractivity contribution in [1.82, 2.24) is 4.90 Å². The molecule has 0 unspecified atom stereocenters. The van der Waals surface area contributed by atoms with Gasteiger partial charge in [-0.25, -0.2) is 0 Å². The summed E-state index contributed by atoms with van der Waals surface area (Å²) in [5.74, 6) is 0.209. The van der Waals surface area contributed by atoms with E-state index in [4.69, 9.17) is 16.3 Å². The number of aldehydes is 1. The fourth-order valence-corrected chi connectivity index (χ4v) is 2.25. The second kappa shape index (κ2) is 6.06. The molecule has 0 radical (unpaired) electrons. The van der Waals surface area contributed by atoms with Crippen LogP contribution in [0.4, 0.5) is 0 Å². The highest BCUT2D eigenvalue weighted by molar-refractivity contribution is 6.32. The molecule has 0 bridgehead atoms. The predicted octanol–water partition coefficient (Wildman–Crippen LogP) is 2.54. The monoisotopic (exact) mass is 281 g/mol. The highest BCUT2D eigenvalue weighted by atomic mass is 35.5. The van der Waals surface area contributed by atoms with Gasteiger partial charge in [-0.3, -0.25) is 9.59 Å². The van der Waals surface area contributed by atoms with Gasteiger partial charge in [-0.2, -0.15) is 0 Å². The first-order chi connectivity index (χ1) is 9.17. The number of benzene rings is 1. The van der Waals surface area contributed by atoms with Crippen molar-refractivity contribution >= 4 is 23.8 Å². The van der Waals surface area contributed by atoms with Crippen LogP contribution >= 0.6 is 11.6 Å². The third kappa shape index (κ3) is 3.26. The highest BCUT2D eigenvalue weighted by Gasteiger charge is 2.31. The van der Waals surface area contributed by atoms with E-state index < -0.39 is 0 Å². The zero-order chi connectivity index (χ0) is 13.8. The van der Waals surface area contributed by atoms with Crippen LogP contribution in [0.5, 0.6) is 5.75 Å². The van der Waals surface area contributed by atoms with Gasteiger partial charge >= 0.3 is 0 Å². The lowest BCUT2D eigenvalue weighted by Gasteiger charge is -2.20. The van der Waals surface area contributed by atoms with Crippen molar-refractivity contribution in [2.45, 2.75) is 25.8 Å². The predicted molar refractivity (Wildman–Crippen MR) is 72.7 cm³/mol. The van der Waals surface area contributed by atoms with Gasteiger partial charge in [0.2, 0.25) is 0 Å². The van der Waals surface area contributed by atoms with Crippen LogP contribution in [0.2, 0.25) is 5.02 Å². The quantitative estimate of drug-likeness (QED) is 0.753. The molecule has 1 aromatic rings. The fourth-order valence-electron chi connectivity index (χ4n) is 2.01. The van der Waals surface area contributed by atoms with Gasteiger partial charge in [0.15, 0.2) is 12.9 Å². The highest BCUT2D eigenvalue weighted by Crippen LogP contribution is 2.29. The number of hydrogen-bond donors (Lipinski definition) is 0. The number of halogens is 1. The van der Waals surface area contributed by atoms with E-state index in [9.17, 15) is 9.59 Å². The topological polar surface area (TPSA) is 46.6 Å². The van der Waals surface area contributed by atoms with Gasteiger partial charge in [-0.15, -0.1) is 0 Å². The Bertz CT molecular complexity index is 486. The molecule has 0 saturated heterocycles. The van der Waals surface area contributed by atoms with E-state index in [0.29, 0.717) is 29.5 Å². The van der Waals surface area contributed by atoms with Crippen LogP contribution in [-0.2, 0) is 4.79 Å². The van der Waals surface area contributed by atoms with E-state index >= 15 is 0 Å². The molecule has 19 heavy (non-hydrogen) atoms. The molecule has 1 aromatic carbocycles. The van der Waals surface area contributed by atoms with Gasteiger partial charge in [0.25, 0.3) is 5.91 Å². The zero-order valence-electron chi connectivity index (χ0n) is 10.8. The standard InChI is InChI=1S/C14H16ClNO3/c1-2-16(11-6-7-11)13(18)9-19-14-10(8-17)4-3-5-12(14)15/h3-5,8,11H,2,6-7,9H2,1H3. The maximum atomic E-state index is 12.0. The smallest absolute Gasteiger partial charge is 0.260 e. The number of likely N-dealkylation sites (N-methyl/N-ethyl adjacent to an activating group) is 1. The molecule has 1 fully saturated rings. The number of rotatable bonds is 6. The van der Waals surface area contributed by atoms with Crippen molar-refractivity contribution in [3.63, 3.8) is 0 Å². The minimum atomic E-state index is -0.0884. The molecule has 0 atom stereocenters. The molecule has 1 aliphatic carbocycles. The number of nitrogens with zero attached hydrogens (tertiary/aromatic N) is 1. The number of hydrogen-bond acceptors (Lipinski definition) is 3. The number of carbonyl (C=O) groups excluding carboxylic acids is 2. The maximum absolute atomic E-state index is 12.0.